The predicted molar refractivity (Wildman–Crippen MR) is 124 cm³/mol. The number of aromatic amines is 1. The fourth-order valence-electron chi connectivity index (χ4n) is 4.05. The molecule has 0 saturated heterocycles. The fourth-order valence-corrected chi connectivity index (χ4v) is 4.05. The first kappa shape index (κ1) is 23.0. The number of hydrogen-bond donors (Lipinski definition) is 4. The van der Waals surface area contributed by atoms with Crippen molar-refractivity contribution in [1.82, 2.24) is 20.6 Å². The van der Waals surface area contributed by atoms with Crippen molar-refractivity contribution in [2.24, 2.45) is 0 Å². The van der Waals surface area contributed by atoms with Crippen LogP contribution in [-0.2, 0) is 20.7 Å². The monoisotopic (exact) mass is 462 g/mol. The van der Waals surface area contributed by atoms with Crippen LogP contribution in [0, 0.1) is 0 Å². The Balaban J connectivity index is 1.46. The predicted octanol–water partition coefficient (Wildman–Crippen LogP) is 2.84. The van der Waals surface area contributed by atoms with Crippen LogP contribution in [0.25, 0.3) is 11.1 Å². The van der Waals surface area contributed by atoms with Crippen LogP contribution in [0.1, 0.15) is 36.6 Å². The number of carbonyl (C=O) groups excluding carboxylic acids is 2. The highest BCUT2D eigenvalue weighted by Crippen LogP contribution is 2.44. The van der Waals surface area contributed by atoms with Crippen LogP contribution in [0.2, 0.25) is 0 Å². The lowest BCUT2D eigenvalue weighted by Gasteiger charge is -2.25. The largest absolute Gasteiger partial charge is 0.480 e. The summed E-state index contributed by atoms with van der Waals surface area (Å²) in [6, 6.07) is 14.9. The first-order valence-corrected chi connectivity index (χ1v) is 10.9. The molecule has 2 amide bonds. The van der Waals surface area contributed by atoms with Gasteiger partial charge in [-0.25, -0.2) is 14.6 Å². The Bertz CT molecular complexity index is 1160. The van der Waals surface area contributed by atoms with Gasteiger partial charge in [0.25, 0.3) is 0 Å². The van der Waals surface area contributed by atoms with Crippen molar-refractivity contribution in [3.63, 3.8) is 0 Å². The molecule has 0 fully saturated rings. The van der Waals surface area contributed by atoms with Crippen LogP contribution in [0.5, 0.6) is 0 Å². The molecule has 1 aromatic heterocycles. The van der Waals surface area contributed by atoms with Crippen molar-refractivity contribution in [1.29, 1.82) is 0 Å². The Morgan fingerprint density at radius 1 is 1.09 bits per heavy atom. The van der Waals surface area contributed by atoms with E-state index in [1.165, 1.54) is 20.2 Å². The van der Waals surface area contributed by atoms with Gasteiger partial charge >= 0.3 is 12.1 Å². The van der Waals surface area contributed by atoms with Crippen LogP contribution < -0.4 is 10.6 Å². The molecule has 0 spiro atoms. The minimum Gasteiger partial charge on any atom is -0.480 e. The van der Waals surface area contributed by atoms with E-state index in [2.05, 4.69) is 20.6 Å². The second-order valence-electron chi connectivity index (χ2n) is 8.71. The summed E-state index contributed by atoms with van der Waals surface area (Å²) in [5.41, 5.74) is 3.39. The topological polar surface area (TPSA) is 133 Å². The summed E-state index contributed by atoms with van der Waals surface area (Å²) < 4.78 is 5.54. The minimum atomic E-state index is -1.51. The maximum absolute atomic E-state index is 12.8. The lowest BCUT2D eigenvalue weighted by Crippen LogP contribution is -2.57. The first-order valence-electron chi connectivity index (χ1n) is 10.9. The molecular weight excluding hydrogens is 436 g/mol. The number of hydrogen-bond acceptors (Lipinski definition) is 5. The third-order valence-corrected chi connectivity index (χ3v) is 5.89. The molecule has 9 nitrogen and oxygen atoms in total. The second kappa shape index (κ2) is 9.38. The van der Waals surface area contributed by atoms with Gasteiger partial charge in [0.15, 0.2) is 0 Å². The summed E-state index contributed by atoms with van der Waals surface area (Å²) in [6.45, 7) is 2.83. The van der Waals surface area contributed by atoms with Gasteiger partial charge in [0.1, 0.15) is 18.2 Å². The van der Waals surface area contributed by atoms with Gasteiger partial charge in [0.05, 0.1) is 12.0 Å². The standard InChI is InChI=1S/C25H26N4O5/c1-25(2,23(31)32)29-22(30)21(11-15-12-26-14-27-15)28-24(33)34-13-20-18-9-5-3-7-16(18)17-8-4-6-10-19(17)20/h3-10,12,14,20-21H,11,13H2,1-2H3,(H,26,27)(H,28,33)(H,29,30)(H,31,32). The van der Waals surface area contributed by atoms with E-state index in [0.29, 0.717) is 5.69 Å². The van der Waals surface area contributed by atoms with Crippen LogP contribution >= 0.6 is 0 Å². The van der Waals surface area contributed by atoms with E-state index in [1.54, 1.807) is 6.20 Å². The van der Waals surface area contributed by atoms with Gasteiger partial charge in [-0.05, 0) is 36.1 Å². The van der Waals surface area contributed by atoms with E-state index in [1.807, 2.05) is 48.5 Å². The molecule has 1 atom stereocenters. The summed E-state index contributed by atoms with van der Waals surface area (Å²) in [4.78, 5) is 43.9. The molecule has 1 aliphatic carbocycles. The molecule has 9 heteroatoms. The fraction of sp³-hybridized carbons (Fsp3) is 0.280. The average molecular weight is 463 g/mol. The minimum absolute atomic E-state index is 0.0647. The molecule has 1 aliphatic rings. The zero-order chi connectivity index (χ0) is 24.3. The van der Waals surface area contributed by atoms with Crippen molar-refractivity contribution < 1.29 is 24.2 Å². The molecule has 0 radical (unpaired) electrons. The van der Waals surface area contributed by atoms with E-state index >= 15 is 0 Å². The van der Waals surface area contributed by atoms with Gasteiger partial charge in [-0.2, -0.15) is 0 Å². The number of carboxylic acids is 1. The highest BCUT2D eigenvalue weighted by molar-refractivity contribution is 5.91. The summed E-state index contributed by atoms with van der Waals surface area (Å²) >= 11 is 0. The van der Waals surface area contributed by atoms with Crippen molar-refractivity contribution >= 4 is 18.0 Å². The molecule has 4 rings (SSSR count). The van der Waals surface area contributed by atoms with Gasteiger partial charge in [-0.15, -0.1) is 0 Å². The Labute approximate surface area is 196 Å². The smallest absolute Gasteiger partial charge is 0.407 e. The van der Waals surface area contributed by atoms with Gasteiger partial charge in [0, 0.05) is 18.5 Å². The van der Waals surface area contributed by atoms with Crippen molar-refractivity contribution in [3.8, 4) is 11.1 Å². The molecule has 34 heavy (non-hydrogen) atoms. The number of carboxylic acid groups (broad SMARTS) is 1. The van der Waals surface area contributed by atoms with Crippen LogP contribution in [0.4, 0.5) is 4.79 Å². The maximum Gasteiger partial charge on any atom is 0.407 e. The number of imidazole rings is 1. The number of aliphatic carboxylic acids is 1. The highest BCUT2D eigenvalue weighted by Gasteiger charge is 2.34. The zero-order valence-electron chi connectivity index (χ0n) is 18.9. The van der Waals surface area contributed by atoms with E-state index in [0.717, 1.165) is 22.3 Å². The molecule has 2 aromatic carbocycles. The van der Waals surface area contributed by atoms with Gasteiger partial charge in [-0.3, -0.25) is 4.79 Å². The van der Waals surface area contributed by atoms with Gasteiger partial charge in [0.2, 0.25) is 5.91 Å². The number of nitrogens with one attached hydrogen (secondary N) is 3. The SMILES string of the molecule is CC(C)(NC(=O)C(Cc1c[nH]cn1)NC(=O)OCC1c2ccccc2-c2ccccc21)C(=O)O. The number of alkyl carbamates (subject to hydrolysis) is 1. The quantitative estimate of drug-likeness (QED) is 0.407. The second-order valence-corrected chi connectivity index (χ2v) is 8.71. The van der Waals surface area contributed by atoms with Crippen molar-refractivity contribution in [2.45, 2.75) is 37.8 Å². The van der Waals surface area contributed by atoms with E-state index in [-0.39, 0.29) is 18.9 Å². The molecule has 0 aliphatic heterocycles. The number of ether oxygens (including phenoxy) is 1. The maximum atomic E-state index is 12.8. The molecule has 1 unspecified atom stereocenters. The third-order valence-electron chi connectivity index (χ3n) is 5.89. The Morgan fingerprint density at radius 2 is 1.71 bits per heavy atom. The van der Waals surface area contributed by atoms with Crippen molar-refractivity contribution in [3.05, 3.63) is 77.9 Å². The summed E-state index contributed by atoms with van der Waals surface area (Å²) in [5.74, 6) is -1.97. The average Bonchev–Trinajstić information content (AvgIpc) is 3.43. The normalized spacial score (nSPS) is 13.5. The third kappa shape index (κ3) is 4.78. The number of nitrogens with zero attached hydrogens (tertiary/aromatic N) is 1. The number of amides is 2. The summed E-state index contributed by atoms with van der Waals surface area (Å²) in [7, 11) is 0. The molecule has 1 heterocycles. The number of aromatic nitrogens is 2. The molecule has 4 N–H and O–H groups in total. The van der Waals surface area contributed by atoms with E-state index in [4.69, 9.17) is 4.74 Å². The number of carbonyl (C=O) groups is 3. The molecule has 0 bridgehead atoms. The van der Waals surface area contributed by atoms with Crippen molar-refractivity contribution in [2.75, 3.05) is 6.61 Å². The molecule has 176 valence electrons. The summed E-state index contributed by atoms with van der Waals surface area (Å²) in [6.07, 6.45) is 2.35. The Morgan fingerprint density at radius 3 is 2.26 bits per heavy atom. The summed E-state index contributed by atoms with van der Waals surface area (Å²) in [5, 5.41) is 14.4. The number of fused-ring (bicyclic) bond motifs is 3. The van der Waals surface area contributed by atoms with E-state index < -0.39 is 29.6 Å². The van der Waals surface area contributed by atoms with Gasteiger partial charge < -0.3 is 25.5 Å². The Hall–Kier alpha value is -4.14. The number of rotatable bonds is 8. The highest BCUT2D eigenvalue weighted by atomic mass is 16.5. The van der Waals surface area contributed by atoms with Crippen LogP contribution in [0.15, 0.2) is 61.1 Å². The van der Waals surface area contributed by atoms with Crippen LogP contribution in [-0.4, -0.2) is 51.2 Å². The van der Waals surface area contributed by atoms with Gasteiger partial charge in [-0.1, -0.05) is 48.5 Å². The zero-order valence-corrected chi connectivity index (χ0v) is 18.9. The van der Waals surface area contributed by atoms with Crippen LogP contribution in [0.3, 0.4) is 0 Å². The lowest BCUT2D eigenvalue weighted by atomic mass is 9.98. The Kier molecular flexibility index (Phi) is 6.36. The first-order chi connectivity index (χ1) is 16.3. The molecular formula is C25H26N4O5. The number of H-pyrrole nitrogens is 1. The number of benzene rings is 2. The molecule has 3 aromatic rings. The molecule has 0 saturated carbocycles. The van der Waals surface area contributed by atoms with E-state index in [9.17, 15) is 19.5 Å². The lowest BCUT2D eigenvalue weighted by molar-refractivity contribution is -0.146.